The highest BCUT2D eigenvalue weighted by Gasteiger charge is 2.10. The van der Waals surface area contributed by atoms with Gasteiger partial charge in [-0.1, -0.05) is 12.8 Å². The van der Waals surface area contributed by atoms with Gasteiger partial charge < -0.3 is 10.4 Å². The summed E-state index contributed by atoms with van der Waals surface area (Å²) in [4.78, 5) is 22.3. The topological polar surface area (TPSA) is 66.4 Å². The summed E-state index contributed by atoms with van der Waals surface area (Å²) in [6.07, 6.45) is 5.88. The fraction of sp³-hybridized carbons (Fsp3) is 0.231. The second kappa shape index (κ2) is 5.71. The van der Waals surface area contributed by atoms with Crippen LogP contribution in [0.4, 0.5) is 0 Å². The van der Waals surface area contributed by atoms with Crippen LogP contribution in [0, 0.1) is 12.3 Å². The summed E-state index contributed by atoms with van der Waals surface area (Å²) in [5, 5.41) is 11.4. The number of amides is 1. The lowest BCUT2D eigenvalue weighted by Crippen LogP contribution is -2.33. The van der Waals surface area contributed by atoms with Crippen LogP contribution in [-0.4, -0.2) is 23.0 Å². The maximum atomic E-state index is 11.7. The van der Waals surface area contributed by atoms with Gasteiger partial charge in [-0.25, -0.2) is 4.79 Å². The number of aromatic carboxylic acids is 1. The van der Waals surface area contributed by atoms with E-state index in [2.05, 4.69) is 11.2 Å². The molecule has 2 N–H and O–H groups in total. The van der Waals surface area contributed by atoms with Crippen LogP contribution in [0.5, 0.6) is 0 Å². The summed E-state index contributed by atoms with van der Waals surface area (Å²) >= 11 is 0. The third kappa shape index (κ3) is 3.35. The van der Waals surface area contributed by atoms with Crippen molar-refractivity contribution in [1.29, 1.82) is 0 Å². The van der Waals surface area contributed by atoms with Gasteiger partial charge in [0.1, 0.15) is 0 Å². The minimum atomic E-state index is -1.02. The lowest BCUT2D eigenvalue weighted by molar-refractivity contribution is 0.0696. The summed E-state index contributed by atoms with van der Waals surface area (Å²) in [5.74, 6) is 1.14. The molecule has 0 saturated carbocycles. The van der Waals surface area contributed by atoms with Crippen molar-refractivity contribution >= 4 is 11.9 Å². The van der Waals surface area contributed by atoms with Crippen LogP contribution in [0.1, 0.15) is 34.1 Å². The molecule has 4 nitrogen and oxygen atoms in total. The van der Waals surface area contributed by atoms with Gasteiger partial charge in [-0.2, -0.15) is 0 Å². The van der Waals surface area contributed by atoms with Crippen molar-refractivity contribution in [3.8, 4) is 12.3 Å². The second-order valence-corrected chi connectivity index (χ2v) is 3.48. The Labute approximate surface area is 99.7 Å². The number of benzene rings is 1. The van der Waals surface area contributed by atoms with Crippen LogP contribution in [0.3, 0.4) is 0 Å². The first-order valence-electron chi connectivity index (χ1n) is 5.18. The molecular formula is C13H13NO3. The van der Waals surface area contributed by atoms with Crippen molar-refractivity contribution in [3.05, 3.63) is 35.4 Å². The van der Waals surface area contributed by atoms with E-state index in [0.29, 0.717) is 12.0 Å². The Kier molecular flexibility index (Phi) is 4.29. The van der Waals surface area contributed by atoms with E-state index in [-0.39, 0.29) is 17.5 Å². The van der Waals surface area contributed by atoms with E-state index >= 15 is 0 Å². The van der Waals surface area contributed by atoms with Gasteiger partial charge in [0.2, 0.25) is 0 Å². The molecule has 88 valence electrons. The molecule has 1 amide bonds. The molecule has 1 atom stereocenters. The highest BCUT2D eigenvalue weighted by molar-refractivity contribution is 5.96. The number of hydrogen-bond acceptors (Lipinski definition) is 2. The number of terminal acetylenes is 1. The quantitative estimate of drug-likeness (QED) is 0.772. The predicted molar refractivity (Wildman–Crippen MR) is 63.8 cm³/mol. The highest BCUT2D eigenvalue weighted by atomic mass is 16.4. The molecule has 1 rings (SSSR count). The van der Waals surface area contributed by atoms with Crippen molar-refractivity contribution in [1.82, 2.24) is 5.32 Å². The highest BCUT2D eigenvalue weighted by Crippen LogP contribution is 2.05. The SMILES string of the molecule is C#CC(CC)NC(=O)c1ccc(C(=O)O)cc1. The van der Waals surface area contributed by atoms with Gasteiger partial charge >= 0.3 is 5.97 Å². The summed E-state index contributed by atoms with van der Waals surface area (Å²) in [7, 11) is 0. The minimum absolute atomic E-state index is 0.144. The van der Waals surface area contributed by atoms with Crippen molar-refractivity contribution in [2.45, 2.75) is 19.4 Å². The summed E-state index contributed by atoms with van der Waals surface area (Å²) in [5.41, 5.74) is 0.536. The van der Waals surface area contributed by atoms with Gasteiger partial charge in [0, 0.05) is 5.56 Å². The van der Waals surface area contributed by atoms with Crippen LogP contribution >= 0.6 is 0 Å². The molecule has 17 heavy (non-hydrogen) atoms. The van der Waals surface area contributed by atoms with Crippen molar-refractivity contribution in [3.63, 3.8) is 0 Å². The number of nitrogens with one attached hydrogen (secondary N) is 1. The van der Waals surface area contributed by atoms with Crippen LogP contribution in [0.15, 0.2) is 24.3 Å². The first-order valence-corrected chi connectivity index (χ1v) is 5.18. The Hall–Kier alpha value is -2.28. The number of carbonyl (C=O) groups is 2. The molecule has 0 spiro atoms. The Morgan fingerprint density at radius 1 is 1.35 bits per heavy atom. The zero-order chi connectivity index (χ0) is 12.8. The first-order chi connectivity index (χ1) is 8.08. The maximum Gasteiger partial charge on any atom is 0.335 e. The fourth-order valence-corrected chi connectivity index (χ4v) is 1.27. The van der Waals surface area contributed by atoms with Gasteiger partial charge in [0.25, 0.3) is 5.91 Å². The Morgan fingerprint density at radius 2 is 1.88 bits per heavy atom. The molecule has 4 heteroatoms. The first kappa shape index (κ1) is 12.8. The molecule has 0 heterocycles. The Balaban J connectivity index is 2.77. The van der Waals surface area contributed by atoms with Crippen molar-refractivity contribution in [2.75, 3.05) is 0 Å². The normalized spacial score (nSPS) is 11.3. The number of carboxylic acids is 1. The number of hydrogen-bond donors (Lipinski definition) is 2. The molecule has 1 aromatic rings. The van der Waals surface area contributed by atoms with Gasteiger partial charge in [-0.3, -0.25) is 4.79 Å². The largest absolute Gasteiger partial charge is 0.478 e. The van der Waals surface area contributed by atoms with Crippen LogP contribution in [-0.2, 0) is 0 Å². The third-order valence-corrected chi connectivity index (χ3v) is 2.31. The number of carbonyl (C=O) groups excluding carboxylic acids is 1. The minimum Gasteiger partial charge on any atom is -0.478 e. The van der Waals surface area contributed by atoms with E-state index in [1.165, 1.54) is 24.3 Å². The average Bonchev–Trinajstić information content (AvgIpc) is 2.35. The molecule has 0 aliphatic heterocycles. The monoisotopic (exact) mass is 231 g/mol. The van der Waals surface area contributed by atoms with Gasteiger partial charge in [-0.05, 0) is 30.7 Å². The molecule has 0 bridgehead atoms. The van der Waals surface area contributed by atoms with Crippen molar-refractivity contribution < 1.29 is 14.7 Å². The van der Waals surface area contributed by atoms with Crippen LogP contribution in [0.2, 0.25) is 0 Å². The lowest BCUT2D eigenvalue weighted by atomic mass is 10.1. The molecule has 0 radical (unpaired) electrons. The number of carboxylic acid groups (broad SMARTS) is 1. The smallest absolute Gasteiger partial charge is 0.335 e. The predicted octanol–water partition coefficient (Wildman–Crippen LogP) is 1.53. The fourth-order valence-electron chi connectivity index (χ4n) is 1.27. The Morgan fingerprint density at radius 3 is 2.29 bits per heavy atom. The van der Waals surface area contributed by atoms with Crippen LogP contribution < -0.4 is 5.32 Å². The number of rotatable bonds is 4. The van der Waals surface area contributed by atoms with E-state index < -0.39 is 5.97 Å². The van der Waals surface area contributed by atoms with Crippen molar-refractivity contribution in [2.24, 2.45) is 0 Å². The van der Waals surface area contributed by atoms with E-state index in [9.17, 15) is 9.59 Å². The average molecular weight is 231 g/mol. The molecule has 0 aliphatic carbocycles. The van der Waals surface area contributed by atoms with E-state index in [1.54, 1.807) is 0 Å². The third-order valence-electron chi connectivity index (χ3n) is 2.31. The van der Waals surface area contributed by atoms with E-state index in [1.807, 2.05) is 6.92 Å². The summed E-state index contributed by atoms with van der Waals surface area (Å²) in [6.45, 7) is 1.87. The molecule has 1 unspecified atom stereocenters. The Bertz CT molecular complexity index is 457. The van der Waals surface area contributed by atoms with Crippen LogP contribution in [0.25, 0.3) is 0 Å². The summed E-state index contributed by atoms with van der Waals surface area (Å²) < 4.78 is 0. The molecule has 0 aliphatic rings. The van der Waals surface area contributed by atoms with E-state index in [4.69, 9.17) is 11.5 Å². The molecular weight excluding hydrogens is 218 g/mol. The van der Waals surface area contributed by atoms with Gasteiger partial charge in [-0.15, -0.1) is 6.42 Å². The summed E-state index contributed by atoms with van der Waals surface area (Å²) in [6, 6.07) is 5.38. The molecule has 1 aromatic carbocycles. The molecule has 0 aromatic heterocycles. The second-order valence-electron chi connectivity index (χ2n) is 3.48. The van der Waals surface area contributed by atoms with E-state index in [0.717, 1.165) is 0 Å². The standard InChI is InChI=1S/C13H13NO3/c1-3-11(4-2)14-12(15)9-5-7-10(8-6-9)13(16)17/h1,5-8,11H,4H2,2H3,(H,14,15)(H,16,17). The molecule has 0 fully saturated rings. The van der Waals surface area contributed by atoms with Gasteiger partial charge in [0.15, 0.2) is 0 Å². The van der Waals surface area contributed by atoms with Gasteiger partial charge in [0.05, 0.1) is 11.6 Å². The molecule has 0 saturated heterocycles. The lowest BCUT2D eigenvalue weighted by Gasteiger charge is -2.10. The zero-order valence-corrected chi connectivity index (χ0v) is 9.43. The maximum absolute atomic E-state index is 11.7. The zero-order valence-electron chi connectivity index (χ0n) is 9.43.